The molecule has 0 aliphatic carbocycles. The number of benzene rings is 2. The van der Waals surface area contributed by atoms with E-state index in [0.29, 0.717) is 33.0 Å². The van der Waals surface area contributed by atoms with Gasteiger partial charge in [-0.05, 0) is 37.1 Å². The molecular weight excluding hydrogens is 446 g/mol. The van der Waals surface area contributed by atoms with Crippen molar-refractivity contribution in [3.8, 4) is 17.2 Å². The van der Waals surface area contributed by atoms with Crippen LogP contribution in [0.2, 0.25) is 0 Å². The van der Waals surface area contributed by atoms with Crippen LogP contribution in [0.5, 0.6) is 11.5 Å². The van der Waals surface area contributed by atoms with Gasteiger partial charge in [0.25, 0.3) is 11.2 Å². The van der Waals surface area contributed by atoms with Crippen LogP contribution in [0.3, 0.4) is 0 Å². The van der Waals surface area contributed by atoms with Gasteiger partial charge in [0.1, 0.15) is 16.3 Å². The second kappa shape index (κ2) is 8.55. The lowest BCUT2D eigenvalue weighted by Gasteiger charge is -2.15. The molecule has 2 aromatic carbocycles. The molecule has 9 nitrogen and oxygen atoms in total. The number of nitro groups is 1. The molecule has 0 unspecified atom stereocenters. The summed E-state index contributed by atoms with van der Waals surface area (Å²) in [5, 5.41) is 11.4. The van der Waals surface area contributed by atoms with Crippen LogP contribution in [0, 0.1) is 24.0 Å². The number of rotatable bonds is 6. The number of ether oxygens (including phenoxy) is 2. The summed E-state index contributed by atoms with van der Waals surface area (Å²) < 4.78 is 13.3. The molecule has 0 saturated carbocycles. The van der Waals surface area contributed by atoms with Gasteiger partial charge in [-0.25, -0.2) is 9.36 Å². The minimum atomic E-state index is -0.532. The first-order valence-corrected chi connectivity index (χ1v) is 10.8. The third-order valence-electron chi connectivity index (χ3n) is 5.57. The van der Waals surface area contributed by atoms with E-state index >= 15 is 0 Å². The normalized spacial score (nSPS) is 11.0. The summed E-state index contributed by atoms with van der Waals surface area (Å²) in [6, 6.07) is 10.9. The fraction of sp³-hybridized carbons (Fsp3) is 0.217. The van der Waals surface area contributed by atoms with Crippen molar-refractivity contribution in [2.75, 3.05) is 14.2 Å². The summed E-state index contributed by atoms with van der Waals surface area (Å²) in [5.74, 6) is 0.845. The topological polar surface area (TPSA) is 106 Å². The Bertz CT molecular complexity index is 1500. The number of fused-ring (bicyclic) bond motifs is 1. The van der Waals surface area contributed by atoms with E-state index in [4.69, 9.17) is 9.47 Å². The third kappa shape index (κ3) is 3.78. The predicted molar refractivity (Wildman–Crippen MR) is 126 cm³/mol. The Labute approximate surface area is 192 Å². The lowest BCUT2D eigenvalue weighted by Crippen LogP contribution is -2.39. The van der Waals surface area contributed by atoms with Crippen LogP contribution in [0.1, 0.15) is 16.0 Å². The summed E-state index contributed by atoms with van der Waals surface area (Å²) in [6.45, 7) is 3.90. The number of nitrogens with zero attached hydrogens (tertiary/aromatic N) is 3. The molecule has 0 aliphatic rings. The predicted octanol–water partition coefficient (Wildman–Crippen LogP) is 3.80. The number of nitro benzene ring substituents is 1. The zero-order valence-corrected chi connectivity index (χ0v) is 19.3. The number of aromatic nitrogens is 2. The summed E-state index contributed by atoms with van der Waals surface area (Å²) in [6.07, 6.45) is 0. The van der Waals surface area contributed by atoms with Gasteiger partial charge in [-0.3, -0.25) is 19.5 Å². The Kier molecular flexibility index (Phi) is 5.77. The molecular formula is C23H21N3O6S. The van der Waals surface area contributed by atoms with Crippen LogP contribution >= 0.6 is 11.3 Å². The molecule has 0 amide bonds. The Hall–Kier alpha value is -3.92. The van der Waals surface area contributed by atoms with Crippen molar-refractivity contribution >= 4 is 27.2 Å². The van der Waals surface area contributed by atoms with E-state index in [-0.39, 0.29) is 12.2 Å². The standard InChI is InChI=1S/C23H21N3O6S/c1-13-14(2)33-22-20(13)21(27)25(18-10-9-17(31-3)11-19(18)32-4)23(28)24(22)12-15-5-7-16(8-6-15)26(29)30/h5-11H,12H2,1-4H3. The maximum absolute atomic E-state index is 13.7. The molecule has 0 bridgehead atoms. The van der Waals surface area contributed by atoms with Gasteiger partial charge in [-0.15, -0.1) is 11.3 Å². The zero-order chi connectivity index (χ0) is 23.9. The molecule has 4 aromatic rings. The fourth-order valence-electron chi connectivity index (χ4n) is 3.68. The smallest absolute Gasteiger partial charge is 0.337 e. The molecule has 4 rings (SSSR count). The van der Waals surface area contributed by atoms with Crippen LogP contribution in [-0.4, -0.2) is 28.3 Å². The molecule has 0 aliphatic heterocycles. The van der Waals surface area contributed by atoms with E-state index in [9.17, 15) is 19.7 Å². The van der Waals surface area contributed by atoms with Crippen molar-refractivity contribution in [3.63, 3.8) is 0 Å². The van der Waals surface area contributed by atoms with Crippen molar-refractivity contribution < 1.29 is 14.4 Å². The van der Waals surface area contributed by atoms with Gasteiger partial charge in [0.15, 0.2) is 0 Å². The number of non-ortho nitro benzene ring substituents is 1. The van der Waals surface area contributed by atoms with Crippen molar-refractivity contribution in [1.82, 2.24) is 9.13 Å². The summed E-state index contributed by atoms with van der Waals surface area (Å²) in [4.78, 5) is 39.2. The Balaban J connectivity index is 2.00. The Morgan fingerprint density at radius 2 is 1.73 bits per heavy atom. The van der Waals surface area contributed by atoms with E-state index in [2.05, 4.69) is 0 Å². The van der Waals surface area contributed by atoms with Crippen molar-refractivity contribution in [1.29, 1.82) is 0 Å². The van der Waals surface area contributed by atoms with E-state index in [1.54, 1.807) is 30.3 Å². The molecule has 0 fully saturated rings. The fourth-order valence-corrected chi connectivity index (χ4v) is 4.82. The van der Waals surface area contributed by atoms with Crippen LogP contribution in [0.4, 0.5) is 5.69 Å². The van der Waals surface area contributed by atoms with Crippen LogP contribution in [-0.2, 0) is 6.54 Å². The lowest BCUT2D eigenvalue weighted by molar-refractivity contribution is -0.384. The maximum Gasteiger partial charge on any atom is 0.337 e. The van der Waals surface area contributed by atoms with E-state index in [0.717, 1.165) is 15.0 Å². The summed E-state index contributed by atoms with van der Waals surface area (Å²) in [7, 11) is 2.97. The van der Waals surface area contributed by atoms with Crippen LogP contribution in [0.25, 0.3) is 15.9 Å². The highest BCUT2D eigenvalue weighted by Crippen LogP contribution is 2.30. The minimum Gasteiger partial charge on any atom is -0.497 e. The molecule has 2 heterocycles. The highest BCUT2D eigenvalue weighted by atomic mass is 32.1. The maximum atomic E-state index is 13.7. The highest BCUT2D eigenvalue weighted by molar-refractivity contribution is 7.18. The number of aryl methyl sites for hydroxylation is 2. The van der Waals surface area contributed by atoms with Gasteiger partial charge in [-0.1, -0.05) is 12.1 Å². The molecule has 0 atom stereocenters. The molecule has 0 N–H and O–H groups in total. The van der Waals surface area contributed by atoms with Gasteiger partial charge >= 0.3 is 5.69 Å². The molecule has 0 radical (unpaired) electrons. The van der Waals surface area contributed by atoms with Crippen molar-refractivity contribution in [2.24, 2.45) is 0 Å². The highest BCUT2D eigenvalue weighted by Gasteiger charge is 2.22. The Morgan fingerprint density at radius 3 is 2.33 bits per heavy atom. The molecule has 0 spiro atoms. The quantitative estimate of drug-likeness (QED) is 0.315. The number of hydrogen-bond donors (Lipinski definition) is 0. The van der Waals surface area contributed by atoms with E-state index in [1.165, 1.54) is 42.3 Å². The average Bonchev–Trinajstić information content (AvgIpc) is 3.11. The number of methoxy groups -OCH3 is 2. The SMILES string of the molecule is COc1ccc(-n2c(=O)c3c(C)c(C)sc3n(Cc3ccc([N+](=O)[O-])cc3)c2=O)c(OC)c1. The average molecular weight is 468 g/mol. The van der Waals surface area contributed by atoms with Gasteiger partial charge in [0.2, 0.25) is 0 Å². The zero-order valence-electron chi connectivity index (χ0n) is 18.4. The molecule has 10 heteroatoms. The first-order chi connectivity index (χ1) is 15.8. The van der Waals surface area contributed by atoms with Gasteiger partial charge in [0, 0.05) is 23.1 Å². The third-order valence-corrected chi connectivity index (χ3v) is 6.80. The largest absolute Gasteiger partial charge is 0.497 e. The second-order valence-electron chi connectivity index (χ2n) is 7.43. The summed E-state index contributed by atoms with van der Waals surface area (Å²) in [5.41, 5.74) is 0.803. The van der Waals surface area contributed by atoms with Crippen molar-refractivity contribution in [3.05, 3.63) is 89.4 Å². The Morgan fingerprint density at radius 1 is 1.03 bits per heavy atom. The first kappa shape index (κ1) is 22.3. The number of thiophene rings is 1. The van der Waals surface area contributed by atoms with Gasteiger partial charge in [-0.2, -0.15) is 0 Å². The first-order valence-electron chi connectivity index (χ1n) is 9.98. The number of hydrogen-bond acceptors (Lipinski definition) is 7. The van der Waals surface area contributed by atoms with Gasteiger partial charge in [0.05, 0.1) is 36.8 Å². The molecule has 0 saturated heterocycles. The van der Waals surface area contributed by atoms with E-state index in [1.807, 2.05) is 13.8 Å². The monoisotopic (exact) mass is 467 g/mol. The lowest BCUT2D eigenvalue weighted by atomic mass is 10.2. The molecule has 33 heavy (non-hydrogen) atoms. The van der Waals surface area contributed by atoms with E-state index < -0.39 is 16.2 Å². The van der Waals surface area contributed by atoms with Crippen LogP contribution < -0.4 is 20.7 Å². The van der Waals surface area contributed by atoms with Crippen molar-refractivity contribution in [2.45, 2.75) is 20.4 Å². The second-order valence-corrected chi connectivity index (χ2v) is 8.64. The van der Waals surface area contributed by atoms with Crippen LogP contribution in [0.15, 0.2) is 52.1 Å². The molecule has 170 valence electrons. The van der Waals surface area contributed by atoms with Gasteiger partial charge < -0.3 is 9.47 Å². The summed E-state index contributed by atoms with van der Waals surface area (Å²) >= 11 is 1.37. The minimum absolute atomic E-state index is 0.0352. The molecule has 2 aromatic heterocycles.